The third-order valence-electron chi connectivity index (χ3n) is 3.58. The van der Waals surface area contributed by atoms with Crippen molar-refractivity contribution in [3.63, 3.8) is 0 Å². The van der Waals surface area contributed by atoms with Gasteiger partial charge in [-0.05, 0) is 25.5 Å². The molecule has 2 aromatic rings. The zero-order chi connectivity index (χ0) is 21.7. The third kappa shape index (κ3) is 5.54. The molecule has 29 heavy (non-hydrogen) atoms. The van der Waals surface area contributed by atoms with Gasteiger partial charge in [-0.3, -0.25) is 4.79 Å². The Morgan fingerprint density at radius 1 is 1.07 bits per heavy atom. The number of ether oxygens (including phenoxy) is 3. The highest BCUT2D eigenvalue weighted by atomic mass is 35.5. The molecule has 0 atom stereocenters. The van der Waals surface area contributed by atoms with Crippen LogP contribution in [0.25, 0.3) is 0 Å². The maximum Gasteiger partial charge on any atom is 0.348 e. The summed E-state index contributed by atoms with van der Waals surface area (Å²) in [6, 6.07) is 2.77. The number of nitrogens with one attached hydrogen (secondary N) is 1. The minimum Gasteiger partial charge on any atom is -0.482 e. The minimum absolute atomic E-state index is 0.0816. The minimum atomic E-state index is -0.667. The van der Waals surface area contributed by atoms with Crippen LogP contribution in [0.1, 0.15) is 32.5 Å². The highest BCUT2D eigenvalue weighted by molar-refractivity contribution is 7.18. The fourth-order valence-corrected chi connectivity index (χ4v) is 3.98. The van der Waals surface area contributed by atoms with Crippen LogP contribution in [0.4, 0.5) is 5.00 Å². The van der Waals surface area contributed by atoms with Gasteiger partial charge in [0.25, 0.3) is 5.91 Å². The lowest BCUT2D eigenvalue weighted by Gasteiger charge is -2.10. The van der Waals surface area contributed by atoms with Gasteiger partial charge in [0, 0.05) is 6.07 Å². The van der Waals surface area contributed by atoms with Crippen LogP contribution in [-0.4, -0.2) is 38.2 Å². The van der Waals surface area contributed by atoms with E-state index in [1.807, 2.05) is 0 Å². The molecule has 7 nitrogen and oxygen atoms in total. The van der Waals surface area contributed by atoms with E-state index in [9.17, 15) is 14.4 Å². The van der Waals surface area contributed by atoms with Crippen LogP contribution in [-0.2, 0) is 14.3 Å². The van der Waals surface area contributed by atoms with Gasteiger partial charge in [-0.1, -0.05) is 34.8 Å². The number of carbonyl (C=O) groups excluding carboxylic acids is 3. The Morgan fingerprint density at radius 2 is 1.72 bits per heavy atom. The number of amides is 1. The zero-order valence-corrected chi connectivity index (χ0v) is 18.6. The Kier molecular flexibility index (Phi) is 8.15. The lowest BCUT2D eigenvalue weighted by atomic mass is 10.1. The zero-order valence-electron chi connectivity index (χ0n) is 15.6. The molecular weight excluding hydrogens is 465 g/mol. The predicted molar refractivity (Wildman–Crippen MR) is 112 cm³/mol. The normalized spacial score (nSPS) is 10.4. The predicted octanol–water partition coefficient (Wildman–Crippen LogP) is 5.00. The van der Waals surface area contributed by atoms with Crippen molar-refractivity contribution in [2.75, 3.05) is 25.6 Å². The van der Waals surface area contributed by atoms with E-state index >= 15 is 0 Å². The summed E-state index contributed by atoms with van der Waals surface area (Å²) >= 11 is 18.7. The van der Waals surface area contributed by atoms with E-state index in [0.29, 0.717) is 5.56 Å². The van der Waals surface area contributed by atoms with E-state index in [-0.39, 0.29) is 42.9 Å². The molecule has 156 valence electrons. The summed E-state index contributed by atoms with van der Waals surface area (Å²) in [5.41, 5.74) is 0.433. The first-order valence-corrected chi connectivity index (χ1v) is 10.1. The molecule has 0 bridgehead atoms. The highest BCUT2D eigenvalue weighted by Gasteiger charge is 2.27. The highest BCUT2D eigenvalue weighted by Crippen LogP contribution is 2.35. The summed E-state index contributed by atoms with van der Waals surface area (Å²) in [4.78, 5) is 36.7. The summed E-state index contributed by atoms with van der Waals surface area (Å²) in [5.74, 6) is -1.72. The van der Waals surface area contributed by atoms with Gasteiger partial charge in [0.15, 0.2) is 6.61 Å². The fraction of sp³-hybridized carbons (Fsp3) is 0.278. The average molecular weight is 481 g/mol. The smallest absolute Gasteiger partial charge is 0.348 e. The number of rotatable bonds is 7. The Balaban J connectivity index is 2.21. The first kappa shape index (κ1) is 23.3. The van der Waals surface area contributed by atoms with E-state index in [2.05, 4.69) is 5.32 Å². The number of hydrogen-bond acceptors (Lipinski definition) is 7. The molecule has 0 saturated carbocycles. The molecule has 0 spiro atoms. The van der Waals surface area contributed by atoms with Gasteiger partial charge in [-0.15, -0.1) is 11.3 Å². The molecule has 0 saturated heterocycles. The summed E-state index contributed by atoms with van der Waals surface area (Å²) in [7, 11) is 1.22. The van der Waals surface area contributed by atoms with Gasteiger partial charge in [0.2, 0.25) is 0 Å². The molecule has 2 rings (SSSR count). The largest absolute Gasteiger partial charge is 0.482 e. The molecular formula is C18H16Cl3NO6S. The third-order valence-corrected chi connectivity index (χ3v) is 5.79. The second kappa shape index (κ2) is 10.2. The van der Waals surface area contributed by atoms with Crippen LogP contribution >= 0.6 is 46.1 Å². The van der Waals surface area contributed by atoms with Gasteiger partial charge in [-0.2, -0.15) is 0 Å². The number of halogens is 3. The van der Waals surface area contributed by atoms with Gasteiger partial charge < -0.3 is 19.5 Å². The van der Waals surface area contributed by atoms with Crippen LogP contribution in [0.2, 0.25) is 15.1 Å². The van der Waals surface area contributed by atoms with Crippen molar-refractivity contribution in [2.24, 2.45) is 0 Å². The molecule has 11 heteroatoms. The Hall–Kier alpha value is -2.00. The maximum absolute atomic E-state index is 12.3. The lowest BCUT2D eigenvalue weighted by Crippen LogP contribution is -2.21. The number of hydrogen-bond donors (Lipinski definition) is 1. The maximum atomic E-state index is 12.3. The average Bonchev–Trinajstić information content (AvgIpc) is 2.99. The molecule has 1 amide bonds. The number of benzene rings is 1. The Labute approximate surface area is 185 Å². The first-order valence-electron chi connectivity index (χ1n) is 8.15. The van der Waals surface area contributed by atoms with E-state index in [1.54, 1.807) is 13.8 Å². The van der Waals surface area contributed by atoms with Gasteiger partial charge >= 0.3 is 11.9 Å². The van der Waals surface area contributed by atoms with Crippen LogP contribution in [0, 0.1) is 6.92 Å². The summed E-state index contributed by atoms with van der Waals surface area (Å²) < 4.78 is 15.1. The van der Waals surface area contributed by atoms with Crippen molar-refractivity contribution in [1.82, 2.24) is 0 Å². The number of thiophene rings is 1. The molecule has 1 N–H and O–H groups in total. The topological polar surface area (TPSA) is 90.9 Å². The summed E-state index contributed by atoms with van der Waals surface area (Å²) in [5, 5.41) is 3.34. The second-order valence-corrected chi connectivity index (χ2v) is 7.75. The molecule has 0 fully saturated rings. The number of anilines is 1. The van der Waals surface area contributed by atoms with Crippen molar-refractivity contribution in [3.05, 3.63) is 43.2 Å². The van der Waals surface area contributed by atoms with Gasteiger partial charge in [0.05, 0.1) is 34.3 Å². The van der Waals surface area contributed by atoms with Crippen LogP contribution in [0.3, 0.4) is 0 Å². The Bertz CT molecular complexity index is 960. The van der Waals surface area contributed by atoms with Gasteiger partial charge in [0.1, 0.15) is 15.6 Å². The molecule has 1 aromatic heterocycles. The molecule has 0 unspecified atom stereocenters. The van der Waals surface area contributed by atoms with Crippen LogP contribution in [0.5, 0.6) is 5.75 Å². The number of esters is 2. The monoisotopic (exact) mass is 479 g/mol. The van der Waals surface area contributed by atoms with Crippen LogP contribution < -0.4 is 10.1 Å². The molecule has 0 aliphatic rings. The Morgan fingerprint density at radius 3 is 2.34 bits per heavy atom. The van der Waals surface area contributed by atoms with E-state index in [4.69, 9.17) is 49.0 Å². The first-order chi connectivity index (χ1) is 13.7. The molecule has 0 aliphatic carbocycles. The standard InChI is InChI=1S/C18H16Cl3NO6S/c1-4-27-17(24)14-8(2)15(18(25)26-3)29-16(14)22-13(23)7-28-12-6-10(20)9(19)5-11(12)21/h5-6H,4,7H2,1-3H3,(H,22,23). The van der Waals surface area contributed by atoms with E-state index < -0.39 is 24.5 Å². The quantitative estimate of drug-likeness (QED) is 0.443. The molecule has 0 radical (unpaired) electrons. The lowest BCUT2D eigenvalue weighted by molar-refractivity contribution is -0.118. The SMILES string of the molecule is CCOC(=O)c1c(NC(=O)COc2cc(Cl)c(Cl)cc2Cl)sc(C(=O)OC)c1C. The van der Waals surface area contributed by atoms with Crippen molar-refractivity contribution in [3.8, 4) is 5.75 Å². The van der Waals surface area contributed by atoms with E-state index in [1.165, 1.54) is 19.2 Å². The number of methoxy groups -OCH3 is 1. The van der Waals surface area contributed by atoms with Gasteiger partial charge in [-0.25, -0.2) is 9.59 Å². The summed E-state index contributed by atoms with van der Waals surface area (Å²) in [6.07, 6.45) is 0. The molecule has 1 heterocycles. The fourth-order valence-electron chi connectivity index (χ4n) is 2.26. The number of carbonyl (C=O) groups is 3. The second-order valence-electron chi connectivity index (χ2n) is 5.51. The van der Waals surface area contributed by atoms with E-state index in [0.717, 1.165) is 11.3 Å². The molecule has 0 aliphatic heterocycles. The van der Waals surface area contributed by atoms with Crippen molar-refractivity contribution in [1.29, 1.82) is 0 Å². The molecule has 1 aromatic carbocycles. The van der Waals surface area contributed by atoms with Crippen molar-refractivity contribution < 1.29 is 28.6 Å². The van der Waals surface area contributed by atoms with Crippen molar-refractivity contribution in [2.45, 2.75) is 13.8 Å². The van der Waals surface area contributed by atoms with Crippen molar-refractivity contribution >= 4 is 69.0 Å². The van der Waals surface area contributed by atoms with Crippen LogP contribution in [0.15, 0.2) is 12.1 Å². The summed E-state index contributed by atoms with van der Waals surface area (Å²) in [6.45, 7) is 2.92.